The quantitative estimate of drug-likeness (QED) is 0.686. The minimum absolute atomic E-state index is 0. The van der Waals surface area contributed by atoms with Gasteiger partial charge in [0, 0.05) is 7.05 Å². The highest BCUT2D eigenvalue weighted by Gasteiger charge is 2.17. The first-order valence-electron chi connectivity index (χ1n) is 5.97. The van der Waals surface area contributed by atoms with Gasteiger partial charge in [0.1, 0.15) is 6.79 Å². The van der Waals surface area contributed by atoms with Crippen molar-refractivity contribution < 1.29 is 14.3 Å². The maximum absolute atomic E-state index is 8.00. The van der Waals surface area contributed by atoms with E-state index in [4.69, 9.17) is 14.3 Å². The highest BCUT2D eigenvalue weighted by molar-refractivity contribution is 5.22. The Morgan fingerprint density at radius 2 is 1.24 bits per heavy atom. The van der Waals surface area contributed by atoms with Gasteiger partial charge in [-0.2, -0.15) is 0 Å². The van der Waals surface area contributed by atoms with E-state index in [0.29, 0.717) is 6.61 Å². The first-order chi connectivity index (χ1) is 8.02. The SMILES string of the molecule is C.C.C.C=NC.C=O.CC(COC(C)(C)C)OC(C)(C)C. The van der Waals surface area contributed by atoms with Crippen molar-refractivity contribution in [3.63, 3.8) is 0 Å². The summed E-state index contributed by atoms with van der Waals surface area (Å²) in [5.41, 5.74) is -0.157. The molecule has 0 aromatic carbocycles. The Kier molecular flexibility index (Phi) is 33.9. The van der Waals surface area contributed by atoms with Crippen molar-refractivity contribution in [2.75, 3.05) is 13.7 Å². The van der Waals surface area contributed by atoms with Crippen LogP contribution in [0, 0.1) is 0 Å². The Morgan fingerprint density at radius 3 is 1.43 bits per heavy atom. The van der Waals surface area contributed by atoms with Crippen LogP contribution in [0.2, 0.25) is 0 Å². The third kappa shape index (κ3) is 54.5. The fourth-order valence-corrected chi connectivity index (χ4v) is 1.00. The van der Waals surface area contributed by atoms with Crippen LogP contribution in [0.3, 0.4) is 0 Å². The van der Waals surface area contributed by atoms with E-state index in [-0.39, 0.29) is 39.6 Å². The molecule has 0 aromatic rings. The summed E-state index contributed by atoms with van der Waals surface area (Å²) in [6, 6.07) is 0. The molecular formula is C17H43NO3. The van der Waals surface area contributed by atoms with Crippen LogP contribution in [0.15, 0.2) is 4.99 Å². The summed E-state index contributed by atoms with van der Waals surface area (Å²) in [6.07, 6.45) is 0.152. The molecular weight excluding hydrogens is 266 g/mol. The lowest BCUT2D eigenvalue weighted by atomic mass is 10.2. The van der Waals surface area contributed by atoms with Crippen molar-refractivity contribution in [1.29, 1.82) is 0 Å². The van der Waals surface area contributed by atoms with E-state index in [1.54, 1.807) is 7.05 Å². The van der Waals surface area contributed by atoms with Crippen molar-refractivity contribution in [3.05, 3.63) is 0 Å². The van der Waals surface area contributed by atoms with E-state index in [1.807, 2.05) is 13.7 Å². The van der Waals surface area contributed by atoms with Crippen LogP contribution in [0.1, 0.15) is 70.7 Å². The maximum Gasteiger partial charge on any atom is 0.106 e. The first kappa shape index (κ1) is 37.0. The maximum atomic E-state index is 8.00. The highest BCUT2D eigenvalue weighted by Crippen LogP contribution is 2.13. The van der Waals surface area contributed by atoms with Gasteiger partial charge in [0.15, 0.2) is 0 Å². The zero-order valence-electron chi connectivity index (χ0n) is 13.4. The van der Waals surface area contributed by atoms with Crippen molar-refractivity contribution >= 4 is 13.5 Å². The van der Waals surface area contributed by atoms with Gasteiger partial charge in [-0.15, -0.1) is 0 Å². The Labute approximate surface area is 135 Å². The van der Waals surface area contributed by atoms with Gasteiger partial charge in [0.25, 0.3) is 0 Å². The normalized spacial score (nSPS) is 10.7. The van der Waals surface area contributed by atoms with E-state index in [2.05, 4.69) is 53.3 Å². The first-order valence-corrected chi connectivity index (χ1v) is 5.97. The molecule has 1 atom stereocenters. The van der Waals surface area contributed by atoms with Crippen LogP contribution in [-0.2, 0) is 14.3 Å². The number of carbonyl (C=O) groups excluding carboxylic acids is 1. The topological polar surface area (TPSA) is 47.9 Å². The van der Waals surface area contributed by atoms with Crippen molar-refractivity contribution in [2.24, 2.45) is 4.99 Å². The van der Waals surface area contributed by atoms with Gasteiger partial charge in [-0.3, -0.25) is 0 Å². The van der Waals surface area contributed by atoms with Crippen LogP contribution in [-0.4, -0.2) is 44.5 Å². The molecule has 1 unspecified atom stereocenters. The number of rotatable bonds is 3. The summed E-state index contributed by atoms with van der Waals surface area (Å²) in [5, 5.41) is 0. The number of aliphatic imine (C=N–C) groups is 1. The lowest BCUT2D eigenvalue weighted by Crippen LogP contribution is -2.31. The molecule has 0 saturated heterocycles. The Morgan fingerprint density at radius 1 is 0.952 bits per heavy atom. The Hall–Kier alpha value is -0.740. The van der Waals surface area contributed by atoms with Gasteiger partial charge in [-0.25, -0.2) is 0 Å². The second-order valence-electron chi connectivity index (χ2n) is 5.78. The molecule has 0 aliphatic heterocycles. The van der Waals surface area contributed by atoms with Crippen LogP contribution in [0.4, 0.5) is 0 Å². The average molecular weight is 310 g/mol. The minimum atomic E-state index is -0.0827. The molecule has 0 radical (unpaired) electrons. The zero-order valence-corrected chi connectivity index (χ0v) is 13.4. The van der Waals surface area contributed by atoms with E-state index in [0.717, 1.165) is 0 Å². The molecule has 0 rings (SSSR count). The largest absolute Gasteiger partial charge is 0.373 e. The van der Waals surface area contributed by atoms with Gasteiger partial charge in [-0.1, -0.05) is 22.3 Å². The second kappa shape index (κ2) is 19.3. The number of ether oxygens (including phenoxy) is 2. The Bertz CT molecular complexity index is 193. The number of hydrogen-bond donors (Lipinski definition) is 0. The highest BCUT2D eigenvalue weighted by atomic mass is 16.6. The second-order valence-corrected chi connectivity index (χ2v) is 5.78. The van der Waals surface area contributed by atoms with Crippen LogP contribution in [0.5, 0.6) is 0 Å². The number of carbonyl (C=O) groups is 1. The molecule has 0 spiro atoms. The van der Waals surface area contributed by atoms with E-state index < -0.39 is 0 Å². The third-order valence-corrected chi connectivity index (χ3v) is 1.31. The Balaban J connectivity index is -0.0000000624. The van der Waals surface area contributed by atoms with Gasteiger partial charge in [-0.05, 0) is 55.2 Å². The molecule has 4 nitrogen and oxygen atoms in total. The lowest BCUT2D eigenvalue weighted by molar-refractivity contribution is -0.112. The minimum Gasteiger partial charge on any atom is -0.373 e. The standard InChI is InChI=1S/C11H24O2.C2H5N.CH2O.3CH4/c1-9(13-11(5,6)7)8-12-10(2,3)4;1-3-2;1-2;;;/h9H,8H2,1-7H3;1H2,2H3;1H2;3*1H4. The fraction of sp³-hybridized carbons (Fsp3) is 0.882. The van der Waals surface area contributed by atoms with Gasteiger partial charge in [0.2, 0.25) is 0 Å². The molecule has 21 heavy (non-hydrogen) atoms. The summed E-state index contributed by atoms with van der Waals surface area (Å²) >= 11 is 0. The van der Waals surface area contributed by atoms with E-state index >= 15 is 0 Å². The lowest BCUT2D eigenvalue weighted by Gasteiger charge is -2.28. The molecule has 0 bridgehead atoms. The summed E-state index contributed by atoms with van der Waals surface area (Å²) < 4.78 is 11.3. The van der Waals surface area contributed by atoms with Crippen molar-refractivity contribution in [3.8, 4) is 0 Å². The molecule has 0 aliphatic carbocycles. The molecule has 0 aromatic heterocycles. The zero-order chi connectivity index (χ0) is 15.4. The molecule has 0 saturated carbocycles. The van der Waals surface area contributed by atoms with E-state index in [1.165, 1.54) is 0 Å². The monoisotopic (exact) mass is 309 g/mol. The molecule has 0 N–H and O–H groups in total. The molecule has 0 aliphatic rings. The van der Waals surface area contributed by atoms with Crippen molar-refractivity contribution in [1.82, 2.24) is 0 Å². The molecule has 0 amide bonds. The van der Waals surface area contributed by atoms with Gasteiger partial charge >= 0.3 is 0 Å². The van der Waals surface area contributed by atoms with Crippen LogP contribution in [0.25, 0.3) is 0 Å². The summed E-state index contributed by atoms with van der Waals surface area (Å²) in [7, 11) is 1.64. The predicted octanol–water partition coefficient (Wildman–Crippen LogP) is 5.05. The number of hydrogen-bond acceptors (Lipinski definition) is 4. The van der Waals surface area contributed by atoms with Crippen molar-refractivity contribution in [2.45, 2.75) is 88.1 Å². The predicted molar refractivity (Wildman–Crippen MR) is 98.8 cm³/mol. The number of nitrogens with zero attached hydrogens (tertiary/aromatic N) is 1. The molecule has 0 fully saturated rings. The van der Waals surface area contributed by atoms with Gasteiger partial charge < -0.3 is 19.3 Å². The summed E-state index contributed by atoms with van der Waals surface area (Å²) in [4.78, 5) is 11.2. The third-order valence-electron chi connectivity index (χ3n) is 1.31. The average Bonchev–Trinajstić information content (AvgIpc) is 2.16. The summed E-state index contributed by atoms with van der Waals surface area (Å²) in [5.74, 6) is 0. The molecule has 0 heterocycles. The molecule has 134 valence electrons. The summed E-state index contributed by atoms with van der Waals surface area (Å²) in [6.45, 7) is 20.1. The van der Waals surface area contributed by atoms with Gasteiger partial charge in [0.05, 0.1) is 23.9 Å². The molecule has 4 heteroatoms. The van der Waals surface area contributed by atoms with Crippen LogP contribution < -0.4 is 0 Å². The van der Waals surface area contributed by atoms with E-state index in [9.17, 15) is 0 Å². The smallest absolute Gasteiger partial charge is 0.106 e. The fourth-order valence-electron chi connectivity index (χ4n) is 1.00. The van der Waals surface area contributed by atoms with Crippen LogP contribution >= 0.6 is 0 Å².